The van der Waals surface area contributed by atoms with Crippen molar-refractivity contribution in [2.45, 2.75) is 25.7 Å². The van der Waals surface area contributed by atoms with Gasteiger partial charge in [-0.25, -0.2) is 13.2 Å². The predicted octanol–water partition coefficient (Wildman–Crippen LogP) is 4.23. The van der Waals surface area contributed by atoms with Crippen molar-refractivity contribution >= 4 is 33.3 Å². The lowest BCUT2D eigenvalue weighted by Crippen LogP contribution is -2.38. The Morgan fingerprint density at radius 1 is 0.909 bits per heavy atom. The Morgan fingerprint density at radius 2 is 1.55 bits per heavy atom. The van der Waals surface area contributed by atoms with Crippen LogP contribution in [0.25, 0.3) is 0 Å². The highest BCUT2D eigenvalue weighted by Crippen LogP contribution is 2.28. The number of carbonyl (C=O) groups excluding carboxylic acids is 2. The molecule has 0 atom stereocenters. The van der Waals surface area contributed by atoms with E-state index in [1.807, 2.05) is 26.0 Å². The molecular weight excluding hydrogens is 440 g/mol. The van der Waals surface area contributed by atoms with E-state index in [1.165, 1.54) is 25.3 Å². The van der Waals surface area contributed by atoms with Crippen LogP contribution in [0, 0.1) is 20.8 Å². The molecule has 33 heavy (non-hydrogen) atoms. The number of sulfonamides is 1. The maximum Gasteiger partial charge on any atom is 0.339 e. The standard InChI is InChI=1S/C25H26N2O5S/c1-17-10-13-20(14-11-17)33(30,31)27(23-15-18(2)9-12-19(23)3)16-24(28)26-22-8-6-5-7-21(22)25(29)32-4/h5-15H,16H2,1-4H3,(H,26,28). The molecule has 0 aliphatic rings. The predicted molar refractivity (Wildman–Crippen MR) is 128 cm³/mol. The summed E-state index contributed by atoms with van der Waals surface area (Å²) in [6.07, 6.45) is 0. The Kier molecular flexibility index (Phi) is 7.18. The molecule has 0 fully saturated rings. The third kappa shape index (κ3) is 5.40. The second kappa shape index (κ2) is 9.87. The SMILES string of the molecule is COC(=O)c1ccccc1NC(=O)CN(c1cc(C)ccc1C)S(=O)(=O)c1ccc(C)cc1. The van der Waals surface area contributed by atoms with Gasteiger partial charge in [-0.2, -0.15) is 0 Å². The number of hydrogen-bond acceptors (Lipinski definition) is 5. The second-order valence-electron chi connectivity index (χ2n) is 7.70. The van der Waals surface area contributed by atoms with Crippen molar-refractivity contribution in [3.8, 4) is 0 Å². The largest absolute Gasteiger partial charge is 0.465 e. The number of aryl methyl sites for hydroxylation is 3. The minimum absolute atomic E-state index is 0.0803. The van der Waals surface area contributed by atoms with Gasteiger partial charge < -0.3 is 10.1 Å². The number of hydrogen-bond donors (Lipinski definition) is 1. The van der Waals surface area contributed by atoms with Gasteiger partial charge in [-0.15, -0.1) is 0 Å². The van der Waals surface area contributed by atoms with Crippen molar-refractivity contribution < 1.29 is 22.7 Å². The molecule has 0 saturated heterocycles. The van der Waals surface area contributed by atoms with Crippen LogP contribution in [0.15, 0.2) is 71.6 Å². The number of esters is 1. The zero-order valence-electron chi connectivity index (χ0n) is 19.0. The fourth-order valence-corrected chi connectivity index (χ4v) is 4.80. The van der Waals surface area contributed by atoms with E-state index in [9.17, 15) is 18.0 Å². The molecule has 1 amide bonds. The van der Waals surface area contributed by atoms with E-state index in [0.29, 0.717) is 11.3 Å². The van der Waals surface area contributed by atoms with E-state index < -0.39 is 28.4 Å². The van der Waals surface area contributed by atoms with Gasteiger partial charge in [0.15, 0.2) is 0 Å². The Morgan fingerprint density at radius 3 is 2.21 bits per heavy atom. The van der Waals surface area contributed by atoms with Gasteiger partial charge in [-0.1, -0.05) is 42.0 Å². The van der Waals surface area contributed by atoms with E-state index in [0.717, 1.165) is 15.4 Å². The van der Waals surface area contributed by atoms with Crippen LogP contribution in [-0.4, -0.2) is 33.9 Å². The molecule has 0 radical (unpaired) electrons. The molecule has 0 aliphatic heterocycles. The van der Waals surface area contributed by atoms with Crippen molar-refractivity contribution in [2.75, 3.05) is 23.3 Å². The lowest BCUT2D eigenvalue weighted by molar-refractivity contribution is -0.114. The molecule has 1 N–H and O–H groups in total. The topological polar surface area (TPSA) is 92.8 Å². The molecular formula is C25H26N2O5S. The van der Waals surface area contributed by atoms with E-state index in [2.05, 4.69) is 5.32 Å². The van der Waals surface area contributed by atoms with Crippen LogP contribution in [0.1, 0.15) is 27.0 Å². The van der Waals surface area contributed by atoms with Crippen LogP contribution in [0.2, 0.25) is 0 Å². The zero-order chi connectivity index (χ0) is 24.2. The molecule has 0 saturated carbocycles. The van der Waals surface area contributed by atoms with Crippen LogP contribution in [-0.2, 0) is 19.6 Å². The maximum atomic E-state index is 13.6. The minimum Gasteiger partial charge on any atom is -0.465 e. The number of ether oxygens (including phenoxy) is 1. The summed E-state index contributed by atoms with van der Waals surface area (Å²) in [6, 6.07) is 18.3. The van der Waals surface area contributed by atoms with Gasteiger partial charge in [0.05, 0.1) is 28.9 Å². The first-order chi connectivity index (χ1) is 15.6. The Bertz CT molecular complexity index is 1280. The van der Waals surface area contributed by atoms with E-state index >= 15 is 0 Å². The molecule has 7 nitrogen and oxygen atoms in total. The number of nitrogens with zero attached hydrogens (tertiary/aromatic N) is 1. The zero-order valence-corrected chi connectivity index (χ0v) is 19.8. The van der Waals surface area contributed by atoms with Crippen LogP contribution in [0.5, 0.6) is 0 Å². The number of benzene rings is 3. The van der Waals surface area contributed by atoms with Crippen LogP contribution < -0.4 is 9.62 Å². The summed E-state index contributed by atoms with van der Waals surface area (Å²) in [5, 5.41) is 2.65. The lowest BCUT2D eigenvalue weighted by atomic mass is 10.1. The normalized spacial score (nSPS) is 11.0. The average Bonchev–Trinajstić information content (AvgIpc) is 2.79. The number of para-hydroxylation sites is 1. The van der Waals surface area contributed by atoms with Crippen molar-refractivity contribution in [1.82, 2.24) is 0 Å². The summed E-state index contributed by atoms with van der Waals surface area (Å²) >= 11 is 0. The summed E-state index contributed by atoms with van der Waals surface area (Å²) in [4.78, 5) is 25.1. The molecule has 0 heterocycles. The van der Waals surface area contributed by atoms with Gasteiger partial charge in [-0.3, -0.25) is 9.10 Å². The van der Waals surface area contributed by atoms with Crippen molar-refractivity contribution in [3.05, 3.63) is 89.0 Å². The average molecular weight is 467 g/mol. The number of rotatable bonds is 7. The fourth-order valence-electron chi connectivity index (χ4n) is 3.33. The van der Waals surface area contributed by atoms with Gasteiger partial charge in [0, 0.05) is 0 Å². The lowest BCUT2D eigenvalue weighted by Gasteiger charge is -2.26. The van der Waals surface area contributed by atoms with E-state index in [-0.39, 0.29) is 16.1 Å². The number of methoxy groups -OCH3 is 1. The summed E-state index contributed by atoms with van der Waals surface area (Å²) in [5.41, 5.74) is 3.31. The highest BCUT2D eigenvalue weighted by Gasteiger charge is 2.29. The van der Waals surface area contributed by atoms with Gasteiger partial charge in [-0.05, 0) is 62.2 Å². The van der Waals surface area contributed by atoms with Crippen LogP contribution >= 0.6 is 0 Å². The maximum absolute atomic E-state index is 13.6. The molecule has 0 aliphatic carbocycles. The molecule has 0 spiro atoms. The van der Waals surface area contributed by atoms with Crippen LogP contribution in [0.3, 0.4) is 0 Å². The highest BCUT2D eigenvalue weighted by molar-refractivity contribution is 7.92. The molecule has 8 heteroatoms. The van der Waals surface area contributed by atoms with Crippen molar-refractivity contribution in [3.63, 3.8) is 0 Å². The molecule has 0 aromatic heterocycles. The van der Waals surface area contributed by atoms with E-state index in [1.54, 1.807) is 43.3 Å². The third-order valence-corrected chi connectivity index (χ3v) is 6.91. The fraction of sp³-hybridized carbons (Fsp3) is 0.200. The van der Waals surface area contributed by atoms with Crippen molar-refractivity contribution in [2.24, 2.45) is 0 Å². The number of amides is 1. The van der Waals surface area contributed by atoms with Gasteiger partial charge in [0.2, 0.25) is 5.91 Å². The number of anilines is 2. The number of carbonyl (C=O) groups is 2. The molecule has 3 rings (SSSR count). The number of nitrogens with one attached hydrogen (secondary N) is 1. The van der Waals surface area contributed by atoms with E-state index in [4.69, 9.17) is 4.74 Å². The Labute approximate surface area is 194 Å². The monoisotopic (exact) mass is 466 g/mol. The minimum atomic E-state index is -4.05. The highest BCUT2D eigenvalue weighted by atomic mass is 32.2. The van der Waals surface area contributed by atoms with Gasteiger partial charge in [0.25, 0.3) is 10.0 Å². The summed E-state index contributed by atoms with van der Waals surface area (Å²) in [6.45, 7) is 5.03. The Balaban J connectivity index is 2.01. The molecule has 0 bridgehead atoms. The third-order valence-electron chi connectivity index (χ3n) is 5.14. The first kappa shape index (κ1) is 24.0. The van der Waals surface area contributed by atoms with Gasteiger partial charge in [0.1, 0.15) is 6.54 Å². The second-order valence-corrected chi connectivity index (χ2v) is 9.56. The molecule has 3 aromatic rings. The van der Waals surface area contributed by atoms with Crippen molar-refractivity contribution in [1.29, 1.82) is 0 Å². The molecule has 172 valence electrons. The Hall–Kier alpha value is -3.65. The summed E-state index contributed by atoms with van der Waals surface area (Å²) in [7, 11) is -2.80. The van der Waals surface area contributed by atoms with Crippen LogP contribution in [0.4, 0.5) is 11.4 Å². The first-order valence-corrected chi connectivity index (χ1v) is 11.7. The summed E-state index contributed by atoms with van der Waals surface area (Å²) < 4.78 is 33.0. The quantitative estimate of drug-likeness (QED) is 0.526. The smallest absolute Gasteiger partial charge is 0.339 e. The van der Waals surface area contributed by atoms with Gasteiger partial charge >= 0.3 is 5.97 Å². The summed E-state index contributed by atoms with van der Waals surface area (Å²) in [5.74, 6) is -1.20. The molecule has 0 unspecified atom stereocenters. The first-order valence-electron chi connectivity index (χ1n) is 10.3. The molecule has 3 aromatic carbocycles.